The Morgan fingerprint density at radius 3 is 3.00 bits per heavy atom. The van der Waals surface area contributed by atoms with Gasteiger partial charge in [-0.15, -0.1) is 10.2 Å². The topological polar surface area (TPSA) is 76.7 Å². The van der Waals surface area contributed by atoms with Gasteiger partial charge in [0.25, 0.3) is 0 Å². The molecule has 1 aliphatic rings. The number of halogens is 1. The van der Waals surface area contributed by atoms with Crippen molar-refractivity contribution in [3.05, 3.63) is 28.7 Å². The number of carboxylic acids is 1. The summed E-state index contributed by atoms with van der Waals surface area (Å²) in [5, 5.41) is 17.5. The SMILES string of the molecule is CC1OCCC1c1nnc2c(Cl)cc(C(=O)O)cn12. The molecule has 6 nitrogen and oxygen atoms in total. The van der Waals surface area contributed by atoms with Crippen molar-refractivity contribution < 1.29 is 14.6 Å². The Morgan fingerprint density at radius 1 is 1.58 bits per heavy atom. The van der Waals surface area contributed by atoms with Gasteiger partial charge in [0, 0.05) is 18.7 Å². The molecule has 0 amide bonds. The van der Waals surface area contributed by atoms with Crippen LogP contribution in [0, 0.1) is 0 Å². The van der Waals surface area contributed by atoms with Gasteiger partial charge < -0.3 is 9.84 Å². The number of fused-ring (bicyclic) bond motifs is 1. The largest absolute Gasteiger partial charge is 0.478 e. The number of carboxylic acid groups (broad SMARTS) is 1. The molecule has 2 aromatic heterocycles. The zero-order chi connectivity index (χ0) is 13.6. The maximum absolute atomic E-state index is 11.1. The van der Waals surface area contributed by atoms with Crippen LogP contribution in [0.4, 0.5) is 0 Å². The number of rotatable bonds is 2. The van der Waals surface area contributed by atoms with E-state index in [4.69, 9.17) is 21.4 Å². The first-order chi connectivity index (χ1) is 9.08. The molecule has 1 fully saturated rings. The van der Waals surface area contributed by atoms with Crippen LogP contribution in [0.15, 0.2) is 12.3 Å². The van der Waals surface area contributed by atoms with Gasteiger partial charge in [0.05, 0.1) is 16.7 Å². The first-order valence-corrected chi connectivity index (χ1v) is 6.35. The van der Waals surface area contributed by atoms with E-state index in [0.29, 0.717) is 18.1 Å². The predicted molar refractivity (Wildman–Crippen MR) is 67.7 cm³/mol. The number of nitrogens with zero attached hydrogens (tertiary/aromatic N) is 3. The van der Waals surface area contributed by atoms with Crippen LogP contribution in [0.2, 0.25) is 5.02 Å². The second kappa shape index (κ2) is 4.47. The first kappa shape index (κ1) is 12.4. The molecule has 0 saturated carbocycles. The van der Waals surface area contributed by atoms with E-state index >= 15 is 0 Å². The molecule has 3 rings (SSSR count). The standard InChI is InChI=1S/C12H12ClN3O3/c1-6-8(2-3-19-6)10-14-15-11-9(13)4-7(12(17)18)5-16(10)11/h4-6,8H,2-3H2,1H3,(H,17,18). The summed E-state index contributed by atoms with van der Waals surface area (Å²) in [4.78, 5) is 11.1. The van der Waals surface area contributed by atoms with E-state index in [0.717, 1.165) is 6.42 Å². The van der Waals surface area contributed by atoms with Crippen LogP contribution < -0.4 is 0 Å². The highest BCUT2D eigenvalue weighted by Gasteiger charge is 2.30. The maximum atomic E-state index is 11.1. The zero-order valence-electron chi connectivity index (χ0n) is 10.2. The molecule has 7 heteroatoms. The molecule has 1 N–H and O–H groups in total. The van der Waals surface area contributed by atoms with Gasteiger partial charge in [-0.1, -0.05) is 11.6 Å². The zero-order valence-corrected chi connectivity index (χ0v) is 11.0. The molecule has 2 aromatic rings. The number of aromatic carboxylic acids is 1. The molecule has 0 bridgehead atoms. The third-order valence-electron chi connectivity index (χ3n) is 3.44. The lowest BCUT2D eigenvalue weighted by Crippen LogP contribution is -2.13. The lowest BCUT2D eigenvalue weighted by atomic mass is 10.0. The number of aromatic nitrogens is 3. The Kier molecular flexibility index (Phi) is 2.91. The van der Waals surface area contributed by atoms with E-state index in [1.807, 2.05) is 6.92 Å². The summed E-state index contributed by atoms with van der Waals surface area (Å²) < 4.78 is 7.17. The molecule has 3 heterocycles. The van der Waals surface area contributed by atoms with Crippen molar-refractivity contribution in [3.63, 3.8) is 0 Å². The van der Waals surface area contributed by atoms with Crippen molar-refractivity contribution in [1.82, 2.24) is 14.6 Å². The lowest BCUT2D eigenvalue weighted by Gasteiger charge is -2.12. The van der Waals surface area contributed by atoms with Crippen molar-refractivity contribution in [2.24, 2.45) is 0 Å². The summed E-state index contributed by atoms with van der Waals surface area (Å²) >= 11 is 6.04. The fourth-order valence-electron chi connectivity index (χ4n) is 2.41. The van der Waals surface area contributed by atoms with Crippen LogP contribution in [0.1, 0.15) is 35.4 Å². The van der Waals surface area contributed by atoms with Gasteiger partial charge >= 0.3 is 5.97 Å². The van der Waals surface area contributed by atoms with Crippen molar-refractivity contribution in [1.29, 1.82) is 0 Å². The average Bonchev–Trinajstić information content (AvgIpc) is 2.94. The summed E-state index contributed by atoms with van der Waals surface area (Å²) in [5.41, 5.74) is 0.589. The van der Waals surface area contributed by atoms with E-state index < -0.39 is 5.97 Å². The molecule has 0 aliphatic carbocycles. The molecule has 100 valence electrons. The smallest absolute Gasteiger partial charge is 0.337 e. The monoisotopic (exact) mass is 281 g/mol. The van der Waals surface area contributed by atoms with Crippen LogP contribution >= 0.6 is 11.6 Å². The van der Waals surface area contributed by atoms with Crippen molar-refractivity contribution >= 4 is 23.2 Å². The molecule has 19 heavy (non-hydrogen) atoms. The Morgan fingerprint density at radius 2 is 2.37 bits per heavy atom. The van der Waals surface area contributed by atoms with E-state index in [1.54, 1.807) is 4.40 Å². The minimum atomic E-state index is -1.03. The lowest BCUT2D eigenvalue weighted by molar-refractivity contribution is 0.0696. The molecule has 0 aromatic carbocycles. The highest BCUT2D eigenvalue weighted by molar-refractivity contribution is 6.33. The average molecular weight is 282 g/mol. The van der Waals surface area contributed by atoms with E-state index in [1.165, 1.54) is 12.3 Å². The van der Waals surface area contributed by atoms with Crippen molar-refractivity contribution in [2.45, 2.75) is 25.4 Å². The Bertz CT molecular complexity index is 655. The molecule has 0 spiro atoms. The van der Waals surface area contributed by atoms with Gasteiger partial charge in [-0.25, -0.2) is 4.79 Å². The second-order valence-electron chi connectivity index (χ2n) is 4.60. The Balaban J connectivity index is 2.18. The summed E-state index contributed by atoms with van der Waals surface area (Å²) in [6.45, 7) is 2.65. The second-order valence-corrected chi connectivity index (χ2v) is 5.01. The van der Waals surface area contributed by atoms with Gasteiger partial charge in [-0.05, 0) is 19.4 Å². The van der Waals surface area contributed by atoms with Gasteiger partial charge in [0.2, 0.25) is 0 Å². The quantitative estimate of drug-likeness (QED) is 0.911. The highest BCUT2D eigenvalue weighted by atomic mass is 35.5. The summed E-state index contributed by atoms with van der Waals surface area (Å²) in [5.74, 6) is -0.223. The predicted octanol–water partition coefficient (Wildman–Crippen LogP) is 1.97. The van der Waals surface area contributed by atoms with Crippen molar-refractivity contribution in [3.8, 4) is 0 Å². The Labute approximate surface area is 114 Å². The molecular formula is C12H12ClN3O3. The highest BCUT2D eigenvalue weighted by Crippen LogP contribution is 2.31. The molecule has 2 atom stereocenters. The maximum Gasteiger partial charge on any atom is 0.337 e. The molecule has 1 aliphatic heterocycles. The fourth-order valence-corrected chi connectivity index (χ4v) is 2.66. The van der Waals surface area contributed by atoms with Crippen LogP contribution in [0.3, 0.4) is 0 Å². The van der Waals surface area contributed by atoms with Gasteiger partial charge in [-0.2, -0.15) is 0 Å². The molecule has 0 radical (unpaired) electrons. The number of hydrogen-bond donors (Lipinski definition) is 1. The van der Waals surface area contributed by atoms with E-state index in [2.05, 4.69) is 10.2 Å². The number of carbonyl (C=O) groups is 1. The van der Waals surface area contributed by atoms with Gasteiger partial charge in [0.15, 0.2) is 5.65 Å². The minimum Gasteiger partial charge on any atom is -0.478 e. The fraction of sp³-hybridized carbons (Fsp3) is 0.417. The third kappa shape index (κ3) is 1.97. The van der Waals surface area contributed by atoms with Gasteiger partial charge in [-0.3, -0.25) is 4.40 Å². The van der Waals surface area contributed by atoms with Crippen LogP contribution in [0.25, 0.3) is 5.65 Å². The number of pyridine rings is 1. The molecule has 1 saturated heterocycles. The third-order valence-corrected chi connectivity index (χ3v) is 3.72. The molecule has 2 unspecified atom stereocenters. The van der Waals surface area contributed by atoms with Crippen molar-refractivity contribution in [2.75, 3.05) is 6.61 Å². The van der Waals surface area contributed by atoms with Crippen LogP contribution in [-0.2, 0) is 4.74 Å². The minimum absolute atomic E-state index is 0.0414. The van der Waals surface area contributed by atoms with Crippen LogP contribution in [-0.4, -0.2) is 38.4 Å². The van der Waals surface area contributed by atoms with Crippen LogP contribution in [0.5, 0.6) is 0 Å². The number of hydrogen-bond acceptors (Lipinski definition) is 4. The number of ether oxygens (including phenoxy) is 1. The summed E-state index contributed by atoms with van der Waals surface area (Å²) in [7, 11) is 0. The Hall–Kier alpha value is -1.66. The summed E-state index contributed by atoms with van der Waals surface area (Å²) in [6.07, 6.45) is 2.39. The first-order valence-electron chi connectivity index (χ1n) is 5.97. The molecular weight excluding hydrogens is 270 g/mol. The van der Waals surface area contributed by atoms with Gasteiger partial charge in [0.1, 0.15) is 5.82 Å². The van der Waals surface area contributed by atoms with E-state index in [9.17, 15) is 4.79 Å². The van der Waals surface area contributed by atoms with E-state index in [-0.39, 0.29) is 22.6 Å². The normalized spacial score (nSPS) is 23.1. The summed E-state index contributed by atoms with van der Waals surface area (Å²) in [6, 6.07) is 1.38.